The third-order valence-electron chi connectivity index (χ3n) is 2.70. The maximum atomic E-state index is 11.8. The fourth-order valence-electron chi connectivity index (χ4n) is 1.68. The number of aromatic hydroxyl groups is 1. The minimum absolute atomic E-state index is 0.124. The third kappa shape index (κ3) is 3.69. The Morgan fingerprint density at radius 1 is 1.55 bits per heavy atom. The minimum Gasteiger partial charge on any atom is -0.506 e. The zero-order chi connectivity index (χ0) is 14.7. The molecule has 0 aromatic heterocycles. The average molecular weight is 331 g/mol. The highest BCUT2D eigenvalue weighted by molar-refractivity contribution is 8.03. The molecule has 2 N–H and O–H groups in total. The van der Waals surface area contributed by atoms with Crippen molar-refractivity contribution in [3.8, 4) is 5.75 Å². The van der Waals surface area contributed by atoms with Crippen LogP contribution in [0.3, 0.4) is 0 Å². The van der Waals surface area contributed by atoms with Crippen molar-refractivity contribution in [2.24, 2.45) is 11.0 Å². The van der Waals surface area contributed by atoms with E-state index in [9.17, 15) is 9.90 Å². The Morgan fingerprint density at radius 2 is 2.30 bits per heavy atom. The predicted molar refractivity (Wildman–Crippen MR) is 83.6 cm³/mol. The van der Waals surface area contributed by atoms with E-state index in [0.717, 1.165) is 10.7 Å². The summed E-state index contributed by atoms with van der Waals surface area (Å²) in [4.78, 5) is 12.9. The number of halogens is 2. The van der Waals surface area contributed by atoms with Gasteiger partial charge < -0.3 is 5.11 Å². The topological polar surface area (TPSA) is 61.7 Å². The van der Waals surface area contributed by atoms with Gasteiger partial charge in [0.15, 0.2) is 0 Å². The molecule has 2 rings (SSSR count). The monoisotopic (exact) mass is 330 g/mol. The van der Waals surface area contributed by atoms with Gasteiger partial charge in [-0.05, 0) is 24.0 Å². The maximum absolute atomic E-state index is 11.8. The van der Waals surface area contributed by atoms with Crippen LogP contribution in [-0.2, 0) is 4.79 Å². The summed E-state index contributed by atoms with van der Waals surface area (Å²) in [6, 6.07) is 2.94. The van der Waals surface area contributed by atoms with Crippen molar-refractivity contribution >= 4 is 47.1 Å². The van der Waals surface area contributed by atoms with Crippen LogP contribution in [0, 0.1) is 5.92 Å². The van der Waals surface area contributed by atoms with E-state index in [2.05, 4.69) is 10.5 Å². The lowest BCUT2D eigenvalue weighted by Crippen LogP contribution is -2.25. The number of nitrogens with one attached hydrogen (secondary N) is 1. The molecular weight excluding hydrogens is 319 g/mol. The molecule has 0 aliphatic carbocycles. The summed E-state index contributed by atoms with van der Waals surface area (Å²) < 4.78 is 0. The smallest absolute Gasteiger partial charge is 0.247 e. The molecule has 4 nitrogen and oxygen atoms in total. The van der Waals surface area contributed by atoms with Crippen LogP contribution in [0.2, 0.25) is 10.0 Å². The molecule has 1 heterocycles. The molecule has 1 aliphatic heterocycles. The Morgan fingerprint density at radius 3 is 2.95 bits per heavy atom. The Labute approximate surface area is 130 Å². The fraction of sp³-hybridized carbons (Fsp3) is 0.231. The molecule has 7 heteroatoms. The van der Waals surface area contributed by atoms with Gasteiger partial charge in [0, 0.05) is 16.3 Å². The first-order valence-electron chi connectivity index (χ1n) is 5.79. The second-order valence-corrected chi connectivity index (χ2v) is 6.36. The van der Waals surface area contributed by atoms with Gasteiger partial charge in [0.1, 0.15) is 5.75 Å². The molecule has 1 aromatic carbocycles. The van der Waals surface area contributed by atoms with E-state index in [4.69, 9.17) is 23.2 Å². The summed E-state index contributed by atoms with van der Waals surface area (Å²) in [5.74, 6) is 0.245. The standard InChI is InChI=1S/C13H12Cl2N2O2S/c1-7-2-9(6-20-7)13(19)17-16-5-8-3-10(14)4-11(15)12(8)18/h2-5,9,18H,6H2,1H3,(H,17,19)/b16-5+. The second kappa shape index (κ2) is 6.52. The summed E-state index contributed by atoms with van der Waals surface area (Å²) in [5.41, 5.74) is 2.78. The highest BCUT2D eigenvalue weighted by Crippen LogP contribution is 2.30. The lowest BCUT2D eigenvalue weighted by molar-refractivity contribution is -0.122. The number of hydrogen-bond acceptors (Lipinski definition) is 4. The van der Waals surface area contributed by atoms with Crippen molar-refractivity contribution in [3.05, 3.63) is 38.7 Å². The van der Waals surface area contributed by atoms with Crippen molar-refractivity contribution < 1.29 is 9.90 Å². The molecule has 0 saturated heterocycles. The van der Waals surface area contributed by atoms with Gasteiger partial charge in [-0.2, -0.15) is 5.10 Å². The first-order valence-corrected chi connectivity index (χ1v) is 7.53. The van der Waals surface area contributed by atoms with Gasteiger partial charge in [-0.15, -0.1) is 11.8 Å². The molecule has 0 saturated carbocycles. The summed E-state index contributed by atoms with van der Waals surface area (Å²) in [7, 11) is 0. The zero-order valence-electron chi connectivity index (χ0n) is 10.6. The Bertz CT molecular complexity index is 602. The molecule has 20 heavy (non-hydrogen) atoms. The molecule has 0 fully saturated rings. The maximum Gasteiger partial charge on any atom is 0.247 e. The molecule has 1 unspecified atom stereocenters. The van der Waals surface area contributed by atoms with Crippen molar-refractivity contribution in [2.75, 3.05) is 5.75 Å². The highest BCUT2D eigenvalue weighted by Gasteiger charge is 2.21. The zero-order valence-corrected chi connectivity index (χ0v) is 12.9. The van der Waals surface area contributed by atoms with E-state index >= 15 is 0 Å². The van der Waals surface area contributed by atoms with Gasteiger partial charge in [-0.25, -0.2) is 5.43 Å². The normalized spacial score (nSPS) is 18.4. The second-order valence-electron chi connectivity index (χ2n) is 4.25. The van der Waals surface area contributed by atoms with Crippen LogP contribution in [0.15, 0.2) is 28.2 Å². The molecule has 0 bridgehead atoms. The molecule has 1 aliphatic rings. The Balaban J connectivity index is 2.02. The highest BCUT2D eigenvalue weighted by atomic mass is 35.5. The number of nitrogens with zero attached hydrogens (tertiary/aromatic N) is 1. The molecule has 1 aromatic rings. The number of amides is 1. The molecule has 1 amide bonds. The first-order chi connectivity index (χ1) is 9.47. The fourth-order valence-corrected chi connectivity index (χ4v) is 3.14. The Kier molecular flexibility index (Phi) is 4.96. The lowest BCUT2D eigenvalue weighted by Gasteiger charge is -2.05. The van der Waals surface area contributed by atoms with Gasteiger partial charge in [0.25, 0.3) is 0 Å². The Hall–Kier alpha value is -1.17. The summed E-state index contributed by atoms with van der Waals surface area (Å²) in [6.45, 7) is 1.97. The van der Waals surface area contributed by atoms with Gasteiger partial charge in [-0.3, -0.25) is 4.79 Å². The molecule has 0 radical (unpaired) electrons. The number of rotatable bonds is 3. The molecule has 106 valence electrons. The SMILES string of the molecule is CC1=CC(C(=O)N/N=C/c2cc(Cl)cc(Cl)c2O)CS1. The minimum atomic E-state index is -0.182. The number of thioether (sulfide) groups is 1. The van der Waals surface area contributed by atoms with Crippen LogP contribution >= 0.6 is 35.0 Å². The van der Waals surface area contributed by atoms with Crippen molar-refractivity contribution in [3.63, 3.8) is 0 Å². The van der Waals surface area contributed by atoms with Crippen LogP contribution in [0.25, 0.3) is 0 Å². The van der Waals surface area contributed by atoms with Crippen LogP contribution in [-0.4, -0.2) is 23.0 Å². The van der Waals surface area contributed by atoms with E-state index in [1.807, 2.05) is 13.0 Å². The van der Waals surface area contributed by atoms with Gasteiger partial charge in [0.2, 0.25) is 5.91 Å². The number of phenols is 1. The summed E-state index contributed by atoms with van der Waals surface area (Å²) in [6.07, 6.45) is 3.22. The molecule has 0 spiro atoms. The predicted octanol–water partition coefficient (Wildman–Crippen LogP) is 3.42. The number of carbonyl (C=O) groups is 1. The number of carbonyl (C=O) groups excluding carboxylic acids is 1. The van der Waals surface area contributed by atoms with E-state index in [0.29, 0.717) is 10.6 Å². The van der Waals surface area contributed by atoms with Crippen molar-refractivity contribution in [1.29, 1.82) is 0 Å². The van der Waals surface area contributed by atoms with E-state index in [-0.39, 0.29) is 22.6 Å². The van der Waals surface area contributed by atoms with Gasteiger partial charge in [0.05, 0.1) is 17.2 Å². The average Bonchev–Trinajstić information content (AvgIpc) is 2.81. The van der Waals surface area contributed by atoms with Crippen LogP contribution in [0.4, 0.5) is 0 Å². The summed E-state index contributed by atoms with van der Waals surface area (Å²) in [5, 5.41) is 14.1. The largest absolute Gasteiger partial charge is 0.506 e. The summed E-state index contributed by atoms with van der Waals surface area (Å²) >= 11 is 13.3. The van der Waals surface area contributed by atoms with Crippen molar-refractivity contribution in [2.45, 2.75) is 6.92 Å². The van der Waals surface area contributed by atoms with E-state index in [1.165, 1.54) is 18.3 Å². The van der Waals surface area contributed by atoms with Crippen LogP contribution in [0.1, 0.15) is 12.5 Å². The quantitative estimate of drug-likeness (QED) is 0.659. The third-order valence-corrected chi connectivity index (χ3v) is 4.32. The number of allylic oxidation sites excluding steroid dienone is 1. The number of hydrazone groups is 1. The number of phenolic OH excluding ortho intramolecular Hbond substituents is 1. The van der Waals surface area contributed by atoms with E-state index in [1.54, 1.807) is 11.8 Å². The van der Waals surface area contributed by atoms with Crippen molar-refractivity contribution in [1.82, 2.24) is 5.43 Å². The molecule has 1 atom stereocenters. The van der Waals surface area contributed by atoms with Crippen LogP contribution in [0.5, 0.6) is 5.75 Å². The first kappa shape index (κ1) is 15.2. The molecular formula is C13H12Cl2N2O2S. The van der Waals surface area contributed by atoms with Crippen LogP contribution < -0.4 is 5.43 Å². The van der Waals surface area contributed by atoms with E-state index < -0.39 is 0 Å². The van der Waals surface area contributed by atoms with Gasteiger partial charge in [-0.1, -0.05) is 29.3 Å². The number of benzene rings is 1. The lowest BCUT2D eigenvalue weighted by atomic mass is 10.1. The van der Waals surface area contributed by atoms with Gasteiger partial charge >= 0.3 is 0 Å². The number of hydrogen-bond donors (Lipinski definition) is 2.